The van der Waals surface area contributed by atoms with Crippen molar-refractivity contribution >= 4 is 28.6 Å². The lowest BCUT2D eigenvalue weighted by Gasteiger charge is -2.11. The number of benzene rings is 1. The number of hydrogen-bond donors (Lipinski definition) is 0. The highest BCUT2D eigenvalue weighted by molar-refractivity contribution is 14.1. The van der Waals surface area contributed by atoms with Crippen molar-refractivity contribution in [2.45, 2.75) is 12.6 Å². The zero-order valence-corrected chi connectivity index (χ0v) is 9.26. The molecule has 2 rings (SSSR count). The fourth-order valence-corrected chi connectivity index (χ4v) is 2.25. The Hall–Kier alpha value is -0.460. The van der Waals surface area contributed by atoms with E-state index < -0.39 is 11.7 Å². The quantitative estimate of drug-likeness (QED) is 0.524. The summed E-state index contributed by atoms with van der Waals surface area (Å²) in [6.07, 6.45) is -3.53. The van der Waals surface area contributed by atoms with Crippen LogP contribution in [0.25, 0.3) is 0 Å². The molecule has 1 aromatic rings. The van der Waals surface area contributed by atoms with E-state index in [1.54, 1.807) is 0 Å². The number of alkyl halides is 3. The largest absolute Gasteiger partial charge is 0.416 e. The molecule has 1 aliphatic heterocycles. The molecule has 0 bridgehead atoms. The van der Waals surface area contributed by atoms with Crippen molar-refractivity contribution in [2.24, 2.45) is 0 Å². The summed E-state index contributed by atoms with van der Waals surface area (Å²) in [5.74, 6) is 0. The third kappa shape index (κ3) is 1.69. The van der Waals surface area contributed by atoms with Crippen molar-refractivity contribution in [2.75, 3.05) is 9.66 Å². The summed E-state index contributed by atoms with van der Waals surface area (Å²) >= 11 is 2.11. The molecule has 0 radical (unpaired) electrons. The molecule has 1 heterocycles. The minimum atomic E-state index is -4.23. The molecule has 76 valence electrons. The average molecular weight is 313 g/mol. The maximum absolute atomic E-state index is 12.3. The first-order chi connectivity index (χ1) is 6.48. The molecule has 0 atom stereocenters. The Morgan fingerprint density at radius 3 is 2.64 bits per heavy atom. The third-order valence-corrected chi connectivity index (χ3v) is 3.25. The molecule has 0 fully saturated rings. The topological polar surface area (TPSA) is 3.24 Å². The Morgan fingerprint density at radius 2 is 2.00 bits per heavy atom. The summed E-state index contributed by atoms with van der Waals surface area (Å²) in [6, 6.07) is 3.92. The molecular weight excluding hydrogens is 306 g/mol. The number of halogens is 4. The zero-order chi connectivity index (χ0) is 10.3. The van der Waals surface area contributed by atoms with Crippen LogP contribution in [0.15, 0.2) is 18.2 Å². The molecule has 0 aromatic heterocycles. The summed E-state index contributed by atoms with van der Waals surface area (Å²) < 4.78 is 39.0. The van der Waals surface area contributed by atoms with E-state index in [1.807, 2.05) is 3.11 Å². The Morgan fingerprint density at radius 1 is 1.29 bits per heavy atom. The molecule has 0 saturated heterocycles. The SMILES string of the molecule is FC(F)(F)c1ccc2c(c1)CCN2I. The monoisotopic (exact) mass is 313 g/mol. The normalized spacial score (nSPS) is 15.9. The summed E-state index contributed by atoms with van der Waals surface area (Å²) in [4.78, 5) is 0. The highest BCUT2D eigenvalue weighted by Gasteiger charge is 2.32. The van der Waals surface area contributed by atoms with Gasteiger partial charge >= 0.3 is 6.18 Å². The van der Waals surface area contributed by atoms with Gasteiger partial charge in [-0.3, -0.25) is 0 Å². The predicted octanol–water partition coefficient (Wildman–Crippen LogP) is 3.42. The highest BCUT2D eigenvalue weighted by Crippen LogP contribution is 2.36. The van der Waals surface area contributed by atoms with Gasteiger partial charge in [0.25, 0.3) is 0 Å². The van der Waals surface area contributed by atoms with E-state index >= 15 is 0 Å². The van der Waals surface area contributed by atoms with Crippen molar-refractivity contribution in [3.05, 3.63) is 29.3 Å². The number of hydrogen-bond acceptors (Lipinski definition) is 1. The summed E-state index contributed by atoms with van der Waals surface area (Å²) in [5.41, 5.74) is 1.13. The van der Waals surface area contributed by atoms with Crippen LogP contribution in [0.2, 0.25) is 0 Å². The fraction of sp³-hybridized carbons (Fsp3) is 0.333. The molecule has 0 unspecified atom stereocenters. The first-order valence-electron chi connectivity index (χ1n) is 4.12. The van der Waals surface area contributed by atoms with E-state index in [-0.39, 0.29) is 0 Å². The third-order valence-electron chi connectivity index (χ3n) is 2.25. The Balaban J connectivity index is 2.42. The van der Waals surface area contributed by atoms with E-state index in [1.165, 1.54) is 12.1 Å². The van der Waals surface area contributed by atoms with Crippen LogP contribution < -0.4 is 3.11 Å². The van der Waals surface area contributed by atoms with Crippen LogP contribution in [0, 0.1) is 0 Å². The molecule has 1 aliphatic rings. The van der Waals surface area contributed by atoms with E-state index in [9.17, 15) is 13.2 Å². The lowest BCUT2D eigenvalue weighted by Crippen LogP contribution is -2.05. The maximum atomic E-state index is 12.3. The van der Waals surface area contributed by atoms with Gasteiger partial charge in [-0.15, -0.1) is 0 Å². The van der Waals surface area contributed by atoms with Crippen LogP contribution in [0.4, 0.5) is 18.9 Å². The van der Waals surface area contributed by atoms with Crippen molar-refractivity contribution in [1.82, 2.24) is 0 Å². The summed E-state index contributed by atoms with van der Waals surface area (Å²) in [5, 5.41) is 0. The Labute approximate surface area is 93.4 Å². The maximum Gasteiger partial charge on any atom is 0.416 e. The molecule has 14 heavy (non-hydrogen) atoms. The fourth-order valence-electron chi connectivity index (χ4n) is 1.54. The first kappa shape index (κ1) is 10.1. The average Bonchev–Trinajstić information content (AvgIpc) is 2.46. The smallest absolute Gasteiger partial charge is 0.314 e. The van der Waals surface area contributed by atoms with Crippen LogP contribution in [0.3, 0.4) is 0 Å². The molecule has 0 amide bonds. The van der Waals surface area contributed by atoms with E-state index in [4.69, 9.17) is 0 Å². The number of nitrogens with zero attached hydrogens (tertiary/aromatic N) is 1. The van der Waals surface area contributed by atoms with Crippen LogP contribution in [0.5, 0.6) is 0 Å². The molecule has 0 N–H and O–H groups in total. The molecular formula is C9H7F3IN. The molecule has 0 aliphatic carbocycles. The van der Waals surface area contributed by atoms with Gasteiger partial charge in [-0.2, -0.15) is 13.2 Å². The van der Waals surface area contributed by atoms with E-state index in [0.717, 1.165) is 23.9 Å². The number of fused-ring (bicyclic) bond motifs is 1. The van der Waals surface area contributed by atoms with Crippen LogP contribution in [0.1, 0.15) is 11.1 Å². The molecule has 1 nitrogen and oxygen atoms in total. The minimum Gasteiger partial charge on any atom is -0.314 e. The first-order valence-corrected chi connectivity index (χ1v) is 5.08. The number of rotatable bonds is 0. The van der Waals surface area contributed by atoms with E-state index in [2.05, 4.69) is 22.9 Å². The minimum absolute atomic E-state index is 0.553. The Bertz CT molecular complexity index is 362. The van der Waals surface area contributed by atoms with Crippen molar-refractivity contribution < 1.29 is 13.2 Å². The lowest BCUT2D eigenvalue weighted by molar-refractivity contribution is -0.137. The molecule has 0 spiro atoms. The molecule has 5 heteroatoms. The Kier molecular flexibility index (Phi) is 2.36. The van der Waals surface area contributed by atoms with Gasteiger partial charge in [0.05, 0.1) is 28.4 Å². The van der Waals surface area contributed by atoms with E-state index in [0.29, 0.717) is 6.42 Å². The second-order valence-electron chi connectivity index (χ2n) is 3.18. The van der Waals surface area contributed by atoms with Crippen LogP contribution >= 0.6 is 22.9 Å². The lowest BCUT2D eigenvalue weighted by atomic mass is 10.1. The predicted molar refractivity (Wildman–Crippen MR) is 56.5 cm³/mol. The van der Waals surface area contributed by atoms with Crippen molar-refractivity contribution in [3.63, 3.8) is 0 Å². The van der Waals surface area contributed by atoms with Gasteiger partial charge in [0, 0.05) is 12.2 Å². The van der Waals surface area contributed by atoms with Gasteiger partial charge in [0.15, 0.2) is 0 Å². The molecule has 0 saturated carbocycles. The highest BCUT2D eigenvalue weighted by atomic mass is 127. The van der Waals surface area contributed by atoms with Gasteiger partial charge in [-0.25, -0.2) is 0 Å². The van der Waals surface area contributed by atoms with Crippen LogP contribution in [-0.2, 0) is 12.6 Å². The van der Waals surface area contributed by atoms with Crippen LogP contribution in [-0.4, -0.2) is 6.54 Å². The zero-order valence-electron chi connectivity index (χ0n) is 7.11. The van der Waals surface area contributed by atoms with Gasteiger partial charge in [-0.1, -0.05) is 0 Å². The molecule has 1 aromatic carbocycles. The second-order valence-corrected chi connectivity index (χ2v) is 4.34. The van der Waals surface area contributed by atoms with Gasteiger partial charge < -0.3 is 3.11 Å². The van der Waals surface area contributed by atoms with Crippen molar-refractivity contribution in [1.29, 1.82) is 0 Å². The second kappa shape index (κ2) is 3.29. The van der Waals surface area contributed by atoms with Crippen molar-refractivity contribution in [3.8, 4) is 0 Å². The summed E-state index contributed by atoms with van der Waals surface area (Å²) in [6.45, 7) is 0.789. The standard InChI is InChI=1S/C9H7F3IN/c10-9(11,12)7-1-2-8-6(5-7)3-4-14(8)13/h1-2,5H,3-4H2. The van der Waals surface area contributed by atoms with Gasteiger partial charge in [0.1, 0.15) is 0 Å². The summed E-state index contributed by atoms with van der Waals surface area (Å²) in [7, 11) is 0. The number of anilines is 1. The van der Waals surface area contributed by atoms with Gasteiger partial charge in [0.2, 0.25) is 0 Å². The van der Waals surface area contributed by atoms with Gasteiger partial charge in [-0.05, 0) is 30.2 Å².